The summed E-state index contributed by atoms with van der Waals surface area (Å²) in [5, 5.41) is 14.8. The van der Waals surface area contributed by atoms with Crippen molar-refractivity contribution in [3.8, 4) is 0 Å². The van der Waals surface area contributed by atoms with Crippen LogP contribution < -0.4 is 5.32 Å². The quantitative estimate of drug-likeness (QED) is 0.891. The van der Waals surface area contributed by atoms with E-state index in [1.165, 1.54) is 4.90 Å². The molecule has 0 aliphatic heterocycles. The van der Waals surface area contributed by atoms with Crippen LogP contribution in [-0.2, 0) is 4.79 Å². The second kappa shape index (κ2) is 5.73. The van der Waals surface area contributed by atoms with Crippen molar-refractivity contribution in [2.24, 2.45) is 5.92 Å². The molecular formula is C15H16N2O3S. The number of fused-ring (bicyclic) bond motifs is 1. The lowest BCUT2D eigenvalue weighted by Crippen LogP contribution is -2.40. The molecule has 1 saturated carbocycles. The largest absolute Gasteiger partial charge is 0.480 e. The zero-order chi connectivity index (χ0) is 14.8. The molecule has 1 aliphatic carbocycles. The molecule has 2 aromatic rings. The number of nitrogens with one attached hydrogen (secondary N) is 1. The molecule has 1 aromatic heterocycles. The SMILES string of the molecule is O=C(O)CN(CC1CC1)C(=O)Nc1ccc2sccc2c1. The molecule has 0 unspecified atom stereocenters. The number of aliphatic carboxylic acids is 1. The average molecular weight is 304 g/mol. The van der Waals surface area contributed by atoms with E-state index in [0.29, 0.717) is 18.2 Å². The predicted molar refractivity (Wildman–Crippen MR) is 82.8 cm³/mol. The van der Waals surface area contributed by atoms with Crippen LogP contribution in [0.3, 0.4) is 0 Å². The highest BCUT2D eigenvalue weighted by Crippen LogP contribution is 2.30. The molecule has 2 N–H and O–H groups in total. The van der Waals surface area contributed by atoms with Crippen LogP contribution in [0.15, 0.2) is 29.6 Å². The summed E-state index contributed by atoms with van der Waals surface area (Å²) in [5.41, 5.74) is 0.692. The molecule has 0 spiro atoms. The van der Waals surface area contributed by atoms with Crippen molar-refractivity contribution in [2.45, 2.75) is 12.8 Å². The van der Waals surface area contributed by atoms with Crippen LogP contribution in [-0.4, -0.2) is 35.1 Å². The lowest BCUT2D eigenvalue weighted by atomic mass is 10.2. The molecule has 1 aliphatic rings. The topological polar surface area (TPSA) is 69.6 Å². The van der Waals surface area contributed by atoms with E-state index in [1.54, 1.807) is 11.3 Å². The lowest BCUT2D eigenvalue weighted by Gasteiger charge is -2.21. The van der Waals surface area contributed by atoms with E-state index in [-0.39, 0.29) is 12.6 Å². The number of anilines is 1. The van der Waals surface area contributed by atoms with Gasteiger partial charge in [-0.25, -0.2) is 4.79 Å². The van der Waals surface area contributed by atoms with Crippen LogP contribution in [0.1, 0.15) is 12.8 Å². The molecule has 0 radical (unpaired) electrons. The third-order valence-corrected chi connectivity index (χ3v) is 4.39. The summed E-state index contributed by atoms with van der Waals surface area (Å²) < 4.78 is 1.16. The summed E-state index contributed by atoms with van der Waals surface area (Å²) in [7, 11) is 0. The van der Waals surface area contributed by atoms with Gasteiger partial charge in [0.15, 0.2) is 0 Å². The van der Waals surface area contributed by atoms with Gasteiger partial charge in [0.1, 0.15) is 6.54 Å². The molecular weight excluding hydrogens is 288 g/mol. The summed E-state index contributed by atoms with van der Waals surface area (Å²) >= 11 is 1.65. The van der Waals surface area contributed by atoms with Crippen LogP contribution in [0.25, 0.3) is 10.1 Å². The van der Waals surface area contributed by atoms with Gasteiger partial charge >= 0.3 is 12.0 Å². The number of hydrogen-bond donors (Lipinski definition) is 2. The molecule has 1 heterocycles. The average Bonchev–Trinajstić information content (AvgIpc) is 3.13. The number of carbonyl (C=O) groups excluding carboxylic acids is 1. The molecule has 6 heteroatoms. The molecule has 1 aromatic carbocycles. The Kier molecular flexibility index (Phi) is 3.79. The normalized spacial score (nSPS) is 14.1. The fourth-order valence-electron chi connectivity index (χ4n) is 2.24. The molecule has 2 amide bonds. The number of urea groups is 1. The van der Waals surface area contributed by atoms with Crippen LogP contribution in [0, 0.1) is 5.92 Å². The molecule has 110 valence electrons. The second-order valence-corrected chi connectivity index (χ2v) is 6.27. The van der Waals surface area contributed by atoms with Crippen molar-refractivity contribution in [2.75, 3.05) is 18.4 Å². The molecule has 5 nitrogen and oxygen atoms in total. The molecule has 0 bridgehead atoms. The summed E-state index contributed by atoms with van der Waals surface area (Å²) in [5.74, 6) is -0.534. The Morgan fingerprint density at radius 2 is 2.14 bits per heavy atom. The molecule has 1 fully saturated rings. The fourth-order valence-corrected chi connectivity index (χ4v) is 3.01. The number of hydrogen-bond acceptors (Lipinski definition) is 3. The van der Waals surface area contributed by atoms with Gasteiger partial charge in [-0.3, -0.25) is 4.79 Å². The van der Waals surface area contributed by atoms with E-state index in [0.717, 1.165) is 22.9 Å². The number of carbonyl (C=O) groups is 2. The molecule has 0 atom stereocenters. The van der Waals surface area contributed by atoms with E-state index in [9.17, 15) is 9.59 Å². The zero-order valence-corrected chi connectivity index (χ0v) is 12.2. The Hall–Kier alpha value is -2.08. The van der Waals surface area contributed by atoms with Crippen molar-refractivity contribution in [3.05, 3.63) is 29.6 Å². The monoisotopic (exact) mass is 304 g/mol. The van der Waals surface area contributed by atoms with Crippen molar-refractivity contribution in [1.82, 2.24) is 4.90 Å². The van der Waals surface area contributed by atoms with E-state index in [4.69, 9.17) is 5.11 Å². The highest BCUT2D eigenvalue weighted by molar-refractivity contribution is 7.17. The maximum Gasteiger partial charge on any atom is 0.323 e. The minimum absolute atomic E-state index is 0.261. The second-order valence-electron chi connectivity index (χ2n) is 5.32. The fraction of sp³-hybridized carbons (Fsp3) is 0.333. The van der Waals surface area contributed by atoms with Gasteiger partial charge < -0.3 is 15.3 Å². The number of amides is 2. The van der Waals surface area contributed by atoms with Gasteiger partial charge in [0.05, 0.1) is 0 Å². The third kappa shape index (κ3) is 3.52. The minimum Gasteiger partial charge on any atom is -0.480 e. The number of nitrogens with zero attached hydrogens (tertiary/aromatic N) is 1. The zero-order valence-electron chi connectivity index (χ0n) is 11.4. The van der Waals surface area contributed by atoms with Gasteiger partial charge in [0.2, 0.25) is 0 Å². The van der Waals surface area contributed by atoms with Gasteiger partial charge in [0, 0.05) is 16.9 Å². The maximum atomic E-state index is 12.2. The number of rotatable bonds is 5. The Morgan fingerprint density at radius 3 is 2.86 bits per heavy atom. The summed E-state index contributed by atoms with van der Waals surface area (Å²) in [6.45, 7) is 0.252. The van der Waals surface area contributed by atoms with Crippen LogP contribution in [0.5, 0.6) is 0 Å². The summed E-state index contributed by atoms with van der Waals surface area (Å²) in [6, 6.07) is 7.35. The Bertz CT molecular complexity index is 678. The highest BCUT2D eigenvalue weighted by Gasteiger charge is 2.28. The molecule has 3 rings (SSSR count). The first-order chi connectivity index (χ1) is 10.1. The van der Waals surface area contributed by atoms with Gasteiger partial charge in [-0.05, 0) is 53.8 Å². The first kappa shape index (κ1) is 13.9. The van der Waals surface area contributed by atoms with E-state index >= 15 is 0 Å². The van der Waals surface area contributed by atoms with Crippen LogP contribution >= 0.6 is 11.3 Å². The van der Waals surface area contributed by atoms with Crippen molar-refractivity contribution in [1.29, 1.82) is 0 Å². The van der Waals surface area contributed by atoms with Crippen molar-refractivity contribution < 1.29 is 14.7 Å². The molecule has 21 heavy (non-hydrogen) atoms. The molecule has 0 saturated heterocycles. The first-order valence-corrected chi connectivity index (χ1v) is 7.75. The number of carboxylic acid groups (broad SMARTS) is 1. The minimum atomic E-state index is -0.987. The lowest BCUT2D eigenvalue weighted by molar-refractivity contribution is -0.137. The highest BCUT2D eigenvalue weighted by atomic mass is 32.1. The van der Waals surface area contributed by atoms with Gasteiger partial charge in [-0.1, -0.05) is 0 Å². The summed E-state index contributed by atoms with van der Waals surface area (Å²) in [4.78, 5) is 24.5. The summed E-state index contributed by atoms with van der Waals surface area (Å²) in [6.07, 6.45) is 2.15. The van der Waals surface area contributed by atoms with Gasteiger partial charge in [-0.2, -0.15) is 0 Å². The van der Waals surface area contributed by atoms with Crippen molar-refractivity contribution in [3.63, 3.8) is 0 Å². The van der Waals surface area contributed by atoms with Crippen molar-refractivity contribution >= 4 is 39.1 Å². The Morgan fingerprint density at radius 1 is 1.33 bits per heavy atom. The first-order valence-electron chi connectivity index (χ1n) is 6.87. The van der Waals surface area contributed by atoms with E-state index < -0.39 is 5.97 Å². The number of carboxylic acids is 1. The smallest absolute Gasteiger partial charge is 0.323 e. The Labute approximate surface area is 126 Å². The maximum absolute atomic E-state index is 12.2. The third-order valence-electron chi connectivity index (χ3n) is 3.49. The van der Waals surface area contributed by atoms with Crippen LogP contribution in [0.4, 0.5) is 10.5 Å². The van der Waals surface area contributed by atoms with Gasteiger partial charge in [-0.15, -0.1) is 11.3 Å². The van der Waals surface area contributed by atoms with E-state index in [2.05, 4.69) is 5.32 Å². The van der Waals surface area contributed by atoms with E-state index in [1.807, 2.05) is 29.6 Å². The van der Waals surface area contributed by atoms with Crippen LogP contribution in [0.2, 0.25) is 0 Å². The number of thiophene rings is 1. The van der Waals surface area contributed by atoms with Gasteiger partial charge in [0.25, 0.3) is 0 Å². The Balaban J connectivity index is 1.70. The predicted octanol–water partition coefficient (Wildman–Crippen LogP) is 3.23. The standard InChI is InChI=1S/C15H16N2O3S/c18-14(19)9-17(8-10-1-2-10)15(20)16-12-3-4-13-11(7-12)5-6-21-13/h3-7,10H,1-2,8-9H2,(H,16,20)(H,18,19). The number of benzene rings is 1.